The van der Waals surface area contributed by atoms with Crippen molar-refractivity contribution < 1.29 is 22.7 Å². The smallest absolute Gasteiger partial charge is 0.417 e. The van der Waals surface area contributed by atoms with Crippen molar-refractivity contribution in [2.24, 2.45) is 0 Å². The van der Waals surface area contributed by atoms with E-state index in [1.165, 1.54) is 18.2 Å². The van der Waals surface area contributed by atoms with Gasteiger partial charge in [-0.15, -0.1) is 11.3 Å². The minimum absolute atomic E-state index is 0.0337. The zero-order chi connectivity index (χ0) is 15.6. The lowest BCUT2D eigenvalue weighted by Crippen LogP contribution is -2.06. The highest BCUT2D eigenvalue weighted by atomic mass is 32.1. The summed E-state index contributed by atoms with van der Waals surface area (Å²) in [5.41, 5.74) is -0.437. The first-order valence-electron chi connectivity index (χ1n) is 6.15. The summed E-state index contributed by atoms with van der Waals surface area (Å²) in [5.74, 6) is -0.566. The summed E-state index contributed by atoms with van der Waals surface area (Å²) in [6, 6.07) is 5.16. The Morgan fingerprint density at radius 2 is 2.00 bits per heavy atom. The molecule has 0 aliphatic carbocycles. The van der Waals surface area contributed by atoms with Crippen molar-refractivity contribution in [2.75, 3.05) is 6.61 Å². The van der Waals surface area contributed by atoms with E-state index >= 15 is 0 Å². The van der Waals surface area contributed by atoms with Crippen LogP contribution in [-0.2, 0) is 10.9 Å². The van der Waals surface area contributed by atoms with Crippen molar-refractivity contribution >= 4 is 17.3 Å². The van der Waals surface area contributed by atoms with E-state index < -0.39 is 17.7 Å². The molecule has 1 heterocycles. The number of rotatable bonds is 3. The van der Waals surface area contributed by atoms with E-state index in [2.05, 4.69) is 4.98 Å². The van der Waals surface area contributed by atoms with Gasteiger partial charge in [-0.25, -0.2) is 9.78 Å². The summed E-state index contributed by atoms with van der Waals surface area (Å²) in [4.78, 5) is 16.0. The topological polar surface area (TPSA) is 39.2 Å². The number of carbonyl (C=O) groups is 1. The van der Waals surface area contributed by atoms with Crippen LogP contribution in [0.15, 0.2) is 24.3 Å². The van der Waals surface area contributed by atoms with Gasteiger partial charge in [-0.1, -0.05) is 18.2 Å². The summed E-state index contributed by atoms with van der Waals surface area (Å²) in [7, 11) is 0. The Kier molecular flexibility index (Phi) is 4.32. The van der Waals surface area contributed by atoms with Gasteiger partial charge in [0.15, 0.2) is 0 Å². The first-order chi connectivity index (χ1) is 9.84. The van der Waals surface area contributed by atoms with Crippen LogP contribution in [0.1, 0.15) is 27.9 Å². The Morgan fingerprint density at radius 1 is 1.33 bits per heavy atom. The minimum atomic E-state index is -4.47. The van der Waals surface area contributed by atoms with E-state index in [9.17, 15) is 18.0 Å². The third kappa shape index (κ3) is 3.24. The highest BCUT2D eigenvalue weighted by molar-refractivity contribution is 7.17. The zero-order valence-corrected chi connectivity index (χ0v) is 12.1. The van der Waals surface area contributed by atoms with Crippen LogP contribution in [0.2, 0.25) is 0 Å². The maximum atomic E-state index is 13.0. The lowest BCUT2D eigenvalue weighted by Gasteiger charge is -2.10. The number of aryl methyl sites for hydroxylation is 1. The van der Waals surface area contributed by atoms with Crippen LogP contribution >= 0.6 is 11.3 Å². The van der Waals surface area contributed by atoms with Crippen molar-refractivity contribution in [3.8, 4) is 10.6 Å². The molecule has 0 aliphatic heterocycles. The molecule has 0 unspecified atom stereocenters. The third-order valence-electron chi connectivity index (χ3n) is 2.72. The highest BCUT2D eigenvalue weighted by Gasteiger charge is 2.34. The standard InChI is InChI=1S/C14H12F3NO2S/c1-3-20-13(19)11-8(2)18-12(21-11)9-6-4-5-7-10(9)14(15,16)17/h4-7H,3H2,1-2H3. The van der Waals surface area contributed by atoms with Crippen LogP contribution in [0.25, 0.3) is 10.6 Å². The highest BCUT2D eigenvalue weighted by Crippen LogP contribution is 2.39. The molecule has 7 heteroatoms. The molecule has 112 valence electrons. The summed E-state index contributed by atoms with van der Waals surface area (Å²) in [5, 5.41) is 0.156. The Bertz CT molecular complexity index is 664. The van der Waals surface area contributed by atoms with Crippen molar-refractivity contribution in [3.63, 3.8) is 0 Å². The van der Waals surface area contributed by atoms with E-state index in [-0.39, 0.29) is 22.1 Å². The fourth-order valence-corrected chi connectivity index (χ4v) is 2.81. The lowest BCUT2D eigenvalue weighted by atomic mass is 10.1. The van der Waals surface area contributed by atoms with Crippen LogP contribution < -0.4 is 0 Å². The molecule has 0 spiro atoms. The molecule has 0 saturated carbocycles. The summed E-state index contributed by atoms with van der Waals surface area (Å²) in [6.07, 6.45) is -4.47. The molecule has 0 N–H and O–H groups in total. The van der Waals surface area contributed by atoms with Crippen LogP contribution in [-0.4, -0.2) is 17.6 Å². The molecular formula is C14H12F3NO2S. The summed E-state index contributed by atoms with van der Waals surface area (Å²) < 4.78 is 43.9. The maximum absolute atomic E-state index is 13.0. The fourth-order valence-electron chi connectivity index (χ4n) is 1.81. The van der Waals surface area contributed by atoms with E-state index in [1.807, 2.05) is 0 Å². The number of thiazole rings is 1. The Balaban J connectivity index is 2.50. The molecule has 1 aromatic heterocycles. The zero-order valence-electron chi connectivity index (χ0n) is 11.3. The van der Waals surface area contributed by atoms with E-state index in [1.54, 1.807) is 13.8 Å². The van der Waals surface area contributed by atoms with E-state index in [0.717, 1.165) is 17.4 Å². The second-order valence-electron chi connectivity index (χ2n) is 4.20. The van der Waals surface area contributed by atoms with E-state index in [4.69, 9.17) is 4.74 Å². The number of aromatic nitrogens is 1. The van der Waals surface area contributed by atoms with Gasteiger partial charge in [0, 0.05) is 5.56 Å². The number of halogens is 3. The number of benzene rings is 1. The number of carbonyl (C=O) groups excluding carboxylic acids is 1. The molecule has 21 heavy (non-hydrogen) atoms. The van der Waals surface area contributed by atoms with Gasteiger partial charge in [0.05, 0.1) is 17.9 Å². The van der Waals surface area contributed by atoms with Crippen molar-refractivity contribution in [3.05, 3.63) is 40.4 Å². The van der Waals surface area contributed by atoms with Crippen molar-refractivity contribution in [2.45, 2.75) is 20.0 Å². The molecular weight excluding hydrogens is 303 g/mol. The van der Waals surface area contributed by atoms with Gasteiger partial charge in [-0.3, -0.25) is 0 Å². The van der Waals surface area contributed by atoms with Crippen molar-refractivity contribution in [1.82, 2.24) is 4.98 Å². The molecule has 1 aromatic carbocycles. The maximum Gasteiger partial charge on any atom is 0.417 e. The lowest BCUT2D eigenvalue weighted by molar-refractivity contribution is -0.137. The number of esters is 1. The van der Waals surface area contributed by atoms with Crippen LogP contribution in [0.3, 0.4) is 0 Å². The predicted molar refractivity (Wildman–Crippen MR) is 73.2 cm³/mol. The molecule has 0 aliphatic rings. The summed E-state index contributed by atoms with van der Waals surface area (Å²) in [6.45, 7) is 3.43. The van der Waals surface area contributed by atoms with Crippen LogP contribution in [0.4, 0.5) is 13.2 Å². The number of nitrogens with zero attached hydrogens (tertiary/aromatic N) is 1. The number of hydrogen-bond donors (Lipinski definition) is 0. The van der Waals surface area contributed by atoms with Gasteiger partial charge < -0.3 is 4.74 Å². The SMILES string of the molecule is CCOC(=O)c1sc(-c2ccccc2C(F)(F)F)nc1C. The average Bonchev–Trinajstić information content (AvgIpc) is 2.80. The molecule has 3 nitrogen and oxygen atoms in total. The second kappa shape index (κ2) is 5.85. The molecule has 2 rings (SSSR count). The molecule has 0 radical (unpaired) electrons. The number of hydrogen-bond acceptors (Lipinski definition) is 4. The van der Waals surface area contributed by atoms with Gasteiger partial charge in [-0.2, -0.15) is 13.2 Å². The van der Waals surface area contributed by atoms with Crippen LogP contribution in [0.5, 0.6) is 0 Å². The normalized spacial score (nSPS) is 11.5. The van der Waals surface area contributed by atoms with Gasteiger partial charge in [0.2, 0.25) is 0 Å². The molecule has 0 fully saturated rings. The van der Waals surface area contributed by atoms with Gasteiger partial charge in [0.25, 0.3) is 0 Å². The van der Waals surface area contributed by atoms with Crippen LogP contribution in [0, 0.1) is 6.92 Å². The molecule has 0 amide bonds. The Labute approximate surface area is 123 Å². The number of alkyl halides is 3. The van der Waals surface area contributed by atoms with Crippen molar-refractivity contribution in [1.29, 1.82) is 0 Å². The average molecular weight is 315 g/mol. The first kappa shape index (κ1) is 15.5. The first-order valence-corrected chi connectivity index (χ1v) is 6.97. The fraction of sp³-hybridized carbons (Fsp3) is 0.286. The van der Waals surface area contributed by atoms with Gasteiger partial charge >= 0.3 is 12.1 Å². The largest absolute Gasteiger partial charge is 0.462 e. The number of ether oxygens (including phenoxy) is 1. The molecule has 2 aromatic rings. The third-order valence-corrected chi connectivity index (χ3v) is 3.89. The quantitative estimate of drug-likeness (QED) is 0.792. The monoisotopic (exact) mass is 315 g/mol. The van der Waals surface area contributed by atoms with Gasteiger partial charge in [0.1, 0.15) is 9.88 Å². The molecule has 0 saturated heterocycles. The van der Waals surface area contributed by atoms with E-state index in [0.29, 0.717) is 5.69 Å². The Morgan fingerprint density at radius 3 is 2.62 bits per heavy atom. The summed E-state index contributed by atoms with van der Waals surface area (Å²) >= 11 is 0.905. The molecule has 0 bridgehead atoms. The minimum Gasteiger partial charge on any atom is -0.462 e. The Hall–Kier alpha value is -1.89. The van der Waals surface area contributed by atoms with Gasteiger partial charge in [-0.05, 0) is 19.9 Å². The second-order valence-corrected chi connectivity index (χ2v) is 5.20. The molecule has 0 atom stereocenters. The predicted octanol–water partition coefficient (Wildman–Crippen LogP) is 4.31.